The minimum atomic E-state index is -0.961. The van der Waals surface area contributed by atoms with E-state index < -0.39 is 22.7 Å². The zero-order chi connectivity index (χ0) is 17.7. The number of nitro benzene ring substituents is 1. The van der Waals surface area contributed by atoms with E-state index in [4.69, 9.17) is 4.74 Å². The van der Waals surface area contributed by atoms with E-state index in [1.54, 1.807) is 6.92 Å². The van der Waals surface area contributed by atoms with Gasteiger partial charge in [-0.05, 0) is 31.7 Å². The van der Waals surface area contributed by atoms with Gasteiger partial charge in [0.2, 0.25) is 0 Å². The second kappa shape index (κ2) is 7.87. The van der Waals surface area contributed by atoms with Crippen LogP contribution in [0.5, 0.6) is 0 Å². The van der Waals surface area contributed by atoms with Crippen LogP contribution in [0.4, 0.5) is 5.69 Å². The van der Waals surface area contributed by atoms with Gasteiger partial charge in [-0.25, -0.2) is 0 Å². The lowest BCUT2D eigenvalue weighted by Gasteiger charge is -2.27. The summed E-state index contributed by atoms with van der Waals surface area (Å²) in [5.41, 5.74) is 0.465. The SMILES string of the molecule is Cc1ccc(C(=O)NCC(C(=O)O)C2CCOCC2)cc1[N+](=O)[O-]. The fourth-order valence-electron chi connectivity index (χ4n) is 2.83. The molecule has 8 heteroatoms. The zero-order valence-electron chi connectivity index (χ0n) is 13.4. The number of nitro groups is 1. The number of carbonyl (C=O) groups is 2. The Kier molecular flexibility index (Phi) is 5.86. The first-order valence-corrected chi connectivity index (χ1v) is 7.74. The minimum Gasteiger partial charge on any atom is -0.481 e. The van der Waals surface area contributed by atoms with Crippen LogP contribution >= 0.6 is 0 Å². The topological polar surface area (TPSA) is 119 Å². The maximum absolute atomic E-state index is 12.2. The van der Waals surface area contributed by atoms with Crippen LogP contribution in [0.15, 0.2) is 18.2 Å². The molecule has 24 heavy (non-hydrogen) atoms. The van der Waals surface area contributed by atoms with E-state index in [9.17, 15) is 24.8 Å². The van der Waals surface area contributed by atoms with Gasteiger partial charge < -0.3 is 15.2 Å². The highest BCUT2D eigenvalue weighted by Crippen LogP contribution is 2.24. The Balaban J connectivity index is 2.04. The summed E-state index contributed by atoms with van der Waals surface area (Å²) >= 11 is 0. The van der Waals surface area contributed by atoms with Gasteiger partial charge in [0.15, 0.2) is 0 Å². The van der Waals surface area contributed by atoms with Crippen LogP contribution in [-0.4, -0.2) is 41.7 Å². The summed E-state index contributed by atoms with van der Waals surface area (Å²) in [5.74, 6) is -2.23. The normalized spacial score (nSPS) is 16.4. The van der Waals surface area contributed by atoms with Crippen molar-refractivity contribution in [2.24, 2.45) is 11.8 Å². The van der Waals surface area contributed by atoms with Crippen molar-refractivity contribution < 1.29 is 24.4 Å². The first kappa shape index (κ1) is 17.9. The predicted molar refractivity (Wildman–Crippen MR) is 84.8 cm³/mol. The van der Waals surface area contributed by atoms with Crippen LogP contribution in [0.2, 0.25) is 0 Å². The van der Waals surface area contributed by atoms with E-state index >= 15 is 0 Å². The number of carboxylic acid groups (broad SMARTS) is 1. The average molecular weight is 336 g/mol. The van der Waals surface area contributed by atoms with Gasteiger partial charge in [-0.15, -0.1) is 0 Å². The highest BCUT2D eigenvalue weighted by atomic mass is 16.6. The lowest BCUT2D eigenvalue weighted by Crippen LogP contribution is -2.39. The Morgan fingerprint density at radius 3 is 2.67 bits per heavy atom. The number of aryl methyl sites for hydroxylation is 1. The molecule has 0 bridgehead atoms. The molecule has 1 saturated heterocycles. The molecule has 1 aromatic rings. The molecule has 1 amide bonds. The van der Waals surface area contributed by atoms with Crippen molar-refractivity contribution in [3.63, 3.8) is 0 Å². The molecule has 0 spiro atoms. The maximum atomic E-state index is 12.2. The fourth-order valence-corrected chi connectivity index (χ4v) is 2.83. The highest BCUT2D eigenvalue weighted by molar-refractivity contribution is 5.95. The Labute approximate surface area is 139 Å². The highest BCUT2D eigenvalue weighted by Gasteiger charge is 2.30. The second-order valence-corrected chi connectivity index (χ2v) is 5.86. The van der Waals surface area contributed by atoms with E-state index in [0.29, 0.717) is 31.6 Å². The predicted octanol–water partition coefficient (Wildman–Crippen LogP) is 1.76. The number of carboxylic acids is 1. The first-order chi connectivity index (χ1) is 11.4. The van der Waals surface area contributed by atoms with Crippen molar-refractivity contribution in [1.29, 1.82) is 0 Å². The standard InChI is InChI=1S/C16H20N2O6/c1-10-2-3-12(8-14(10)18(22)23)15(19)17-9-13(16(20)21)11-4-6-24-7-5-11/h2-3,8,11,13H,4-7,9H2,1H3,(H,17,19)(H,20,21). The average Bonchev–Trinajstić information content (AvgIpc) is 2.55. The zero-order valence-corrected chi connectivity index (χ0v) is 13.4. The van der Waals surface area contributed by atoms with Gasteiger partial charge in [-0.1, -0.05) is 6.07 Å². The summed E-state index contributed by atoms with van der Waals surface area (Å²) in [6.45, 7) is 2.62. The number of rotatable bonds is 6. The third-order valence-electron chi connectivity index (χ3n) is 4.30. The number of amides is 1. The molecule has 0 aromatic heterocycles. The molecule has 1 aliphatic heterocycles. The summed E-state index contributed by atoms with van der Waals surface area (Å²) in [4.78, 5) is 34.0. The van der Waals surface area contributed by atoms with Crippen molar-refractivity contribution in [1.82, 2.24) is 5.32 Å². The van der Waals surface area contributed by atoms with Crippen molar-refractivity contribution in [2.75, 3.05) is 19.8 Å². The fraction of sp³-hybridized carbons (Fsp3) is 0.500. The number of aliphatic carboxylic acids is 1. The van der Waals surface area contributed by atoms with Gasteiger partial charge in [-0.3, -0.25) is 19.7 Å². The number of nitrogens with zero attached hydrogens (tertiary/aromatic N) is 1. The molecule has 0 aliphatic carbocycles. The summed E-state index contributed by atoms with van der Waals surface area (Å²) in [6, 6.07) is 4.19. The molecule has 0 saturated carbocycles. The minimum absolute atomic E-state index is 0.0134. The molecule has 1 unspecified atom stereocenters. The van der Waals surface area contributed by atoms with Gasteiger partial charge in [0.25, 0.3) is 11.6 Å². The molecule has 1 atom stereocenters. The number of ether oxygens (including phenoxy) is 1. The van der Waals surface area contributed by atoms with Gasteiger partial charge >= 0.3 is 5.97 Å². The third-order valence-corrected chi connectivity index (χ3v) is 4.30. The van der Waals surface area contributed by atoms with Crippen molar-refractivity contribution in [2.45, 2.75) is 19.8 Å². The maximum Gasteiger partial charge on any atom is 0.308 e. The molecule has 130 valence electrons. The Hall–Kier alpha value is -2.48. The van der Waals surface area contributed by atoms with Crippen LogP contribution in [-0.2, 0) is 9.53 Å². The van der Waals surface area contributed by atoms with Crippen LogP contribution < -0.4 is 5.32 Å². The number of hydrogen-bond acceptors (Lipinski definition) is 5. The lowest BCUT2D eigenvalue weighted by atomic mass is 9.86. The molecule has 1 heterocycles. The lowest BCUT2D eigenvalue weighted by molar-refractivity contribution is -0.385. The third kappa shape index (κ3) is 4.29. The molecular formula is C16H20N2O6. The monoisotopic (exact) mass is 336 g/mol. The first-order valence-electron chi connectivity index (χ1n) is 7.74. The number of carbonyl (C=O) groups excluding carboxylic acids is 1. The van der Waals surface area contributed by atoms with Crippen LogP contribution in [0, 0.1) is 28.9 Å². The molecule has 1 aliphatic rings. The quantitative estimate of drug-likeness (QED) is 0.603. The van der Waals surface area contributed by atoms with E-state index in [1.165, 1.54) is 18.2 Å². The number of benzene rings is 1. The molecule has 1 fully saturated rings. The molecule has 1 aromatic carbocycles. The Bertz CT molecular complexity index is 639. The largest absolute Gasteiger partial charge is 0.481 e. The number of nitrogens with one attached hydrogen (secondary N) is 1. The van der Waals surface area contributed by atoms with E-state index in [2.05, 4.69) is 5.32 Å². The smallest absolute Gasteiger partial charge is 0.308 e. The van der Waals surface area contributed by atoms with Crippen LogP contribution in [0.25, 0.3) is 0 Å². The van der Waals surface area contributed by atoms with Gasteiger partial charge in [-0.2, -0.15) is 0 Å². The van der Waals surface area contributed by atoms with Crippen LogP contribution in [0.1, 0.15) is 28.8 Å². The molecule has 2 rings (SSSR count). The molecule has 0 radical (unpaired) electrons. The Morgan fingerprint density at radius 2 is 2.08 bits per heavy atom. The van der Waals surface area contributed by atoms with E-state index in [1.807, 2.05) is 0 Å². The summed E-state index contributed by atoms with van der Waals surface area (Å²) < 4.78 is 5.23. The second-order valence-electron chi connectivity index (χ2n) is 5.86. The molecule has 8 nitrogen and oxygen atoms in total. The van der Waals surface area contributed by atoms with E-state index in [0.717, 1.165) is 0 Å². The summed E-state index contributed by atoms with van der Waals surface area (Å²) in [6.07, 6.45) is 1.28. The van der Waals surface area contributed by atoms with Crippen molar-refractivity contribution >= 4 is 17.6 Å². The van der Waals surface area contributed by atoms with Gasteiger partial charge in [0, 0.05) is 37.0 Å². The van der Waals surface area contributed by atoms with E-state index in [-0.39, 0.29) is 23.7 Å². The van der Waals surface area contributed by atoms with Gasteiger partial charge in [0.05, 0.1) is 10.8 Å². The van der Waals surface area contributed by atoms with Crippen LogP contribution in [0.3, 0.4) is 0 Å². The Morgan fingerprint density at radius 1 is 1.42 bits per heavy atom. The van der Waals surface area contributed by atoms with Crippen molar-refractivity contribution in [3.8, 4) is 0 Å². The van der Waals surface area contributed by atoms with Gasteiger partial charge in [0.1, 0.15) is 0 Å². The molecule has 2 N–H and O–H groups in total. The summed E-state index contributed by atoms with van der Waals surface area (Å²) in [5, 5.41) is 22.9. The number of hydrogen-bond donors (Lipinski definition) is 2. The molecular weight excluding hydrogens is 316 g/mol. The summed E-state index contributed by atoms with van der Waals surface area (Å²) in [7, 11) is 0. The van der Waals surface area contributed by atoms with Crippen molar-refractivity contribution in [3.05, 3.63) is 39.4 Å².